The number of rotatable bonds is 15. The van der Waals surface area contributed by atoms with Crippen LogP contribution in [0.2, 0.25) is 0 Å². The van der Waals surface area contributed by atoms with E-state index in [1.165, 1.54) is 56.8 Å². The van der Waals surface area contributed by atoms with Crippen LogP contribution >= 0.6 is 0 Å². The molecule has 0 amide bonds. The summed E-state index contributed by atoms with van der Waals surface area (Å²) in [6.07, 6.45) is 21.8. The Morgan fingerprint density at radius 3 is 0.903 bits per heavy atom. The molecule has 31 heavy (non-hydrogen) atoms. The Balaban J connectivity index is -0.000000174. The molecule has 180 valence electrons. The summed E-state index contributed by atoms with van der Waals surface area (Å²) in [5, 5.41) is 24.5. The minimum Gasteiger partial charge on any atom is -0.478 e. The van der Waals surface area contributed by atoms with E-state index in [0.29, 0.717) is 0 Å². The fourth-order valence-corrected chi connectivity index (χ4v) is 2.09. The van der Waals surface area contributed by atoms with Crippen molar-refractivity contribution < 1.29 is 47.1 Å². The molecule has 0 aliphatic heterocycles. The van der Waals surface area contributed by atoms with Crippen LogP contribution in [0.25, 0.3) is 0 Å². The molecule has 0 aliphatic carbocycles. The molecule has 0 radical (unpaired) electrons. The van der Waals surface area contributed by atoms with Crippen molar-refractivity contribution in [3.8, 4) is 0 Å². The minimum absolute atomic E-state index is 0. The number of carbonyl (C=O) groups is 3. The molecule has 0 unspecified atom stereocenters. The summed E-state index contributed by atoms with van der Waals surface area (Å²) in [5.74, 6) is -2.55. The van der Waals surface area contributed by atoms with E-state index < -0.39 is 17.9 Å². The summed E-state index contributed by atoms with van der Waals surface area (Å²) in [6, 6.07) is 0. The number of carboxylic acids is 3. The van der Waals surface area contributed by atoms with E-state index in [0.717, 1.165) is 38.5 Å². The Hall–Kier alpha value is -1.84. The summed E-state index contributed by atoms with van der Waals surface area (Å²) < 4.78 is 0. The van der Waals surface area contributed by atoms with E-state index in [4.69, 9.17) is 15.3 Å². The third-order valence-corrected chi connectivity index (χ3v) is 3.70. The Morgan fingerprint density at radius 2 is 0.742 bits per heavy atom. The normalized spacial score (nSPS) is 10.2. The van der Waals surface area contributed by atoms with Gasteiger partial charge in [0, 0.05) is 35.6 Å². The summed E-state index contributed by atoms with van der Waals surface area (Å²) in [7, 11) is 0. The van der Waals surface area contributed by atoms with Gasteiger partial charge in [-0.3, -0.25) is 0 Å². The predicted molar refractivity (Wildman–Crippen MR) is 123 cm³/mol. The molecule has 0 saturated heterocycles. The maximum atomic E-state index is 9.95. The fourth-order valence-electron chi connectivity index (χ4n) is 2.09. The van der Waals surface area contributed by atoms with Crippen molar-refractivity contribution in [2.24, 2.45) is 0 Å². The first-order valence-corrected chi connectivity index (χ1v) is 11.0. The second-order valence-corrected chi connectivity index (χ2v) is 6.71. The van der Waals surface area contributed by atoms with E-state index in [-0.39, 0.29) is 17.4 Å². The molecule has 0 aromatic rings. The molecule has 0 aromatic heterocycles. The van der Waals surface area contributed by atoms with Crippen LogP contribution < -0.4 is 0 Å². The van der Waals surface area contributed by atoms with Crippen LogP contribution in [-0.4, -0.2) is 33.2 Å². The van der Waals surface area contributed by atoms with Crippen LogP contribution in [0, 0.1) is 0 Å². The number of allylic oxidation sites excluding steroid dienone is 3. The van der Waals surface area contributed by atoms with E-state index >= 15 is 0 Å². The zero-order valence-electron chi connectivity index (χ0n) is 19.4. The van der Waals surface area contributed by atoms with E-state index in [1.807, 2.05) is 0 Å². The van der Waals surface area contributed by atoms with Crippen molar-refractivity contribution in [3.63, 3.8) is 0 Å². The van der Waals surface area contributed by atoms with Gasteiger partial charge in [-0.25, -0.2) is 14.4 Å². The Kier molecular flexibility index (Phi) is 38.7. The van der Waals surface area contributed by atoms with Crippen molar-refractivity contribution in [1.29, 1.82) is 0 Å². The van der Waals surface area contributed by atoms with Gasteiger partial charge in [-0.15, -0.1) is 0 Å². The molecule has 0 aromatic carbocycles. The first-order chi connectivity index (χ1) is 14.3. The smallest absolute Gasteiger partial charge is 0.327 e. The first-order valence-electron chi connectivity index (χ1n) is 11.0. The number of aliphatic carboxylic acids is 3. The molecule has 0 fully saturated rings. The van der Waals surface area contributed by atoms with Crippen LogP contribution in [0.3, 0.4) is 0 Å². The number of hydrogen-bond donors (Lipinski definition) is 3. The molecule has 0 aliphatic rings. The second kappa shape index (κ2) is 32.8. The number of hydrogen-bond acceptors (Lipinski definition) is 3. The van der Waals surface area contributed by atoms with Gasteiger partial charge >= 0.3 is 17.9 Å². The van der Waals surface area contributed by atoms with Crippen LogP contribution in [0.15, 0.2) is 36.5 Å². The summed E-state index contributed by atoms with van der Waals surface area (Å²) in [6.45, 7) is 6.38. The second-order valence-electron chi connectivity index (χ2n) is 6.71. The van der Waals surface area contributed by atoms with Crippen molar-refractivity contribution in [3.05, 3.63) is 36.5 Å². The summed E-state index contributed by atoms with van der Waals surface area (Å²) >= 11 is 0. The van der Waals surface area contributed by atoms with E-state index in [1.54, 1.807) is 18.2 Å². The zero-order valence-corrected chi connectivity index (χ0v) is 20.7. The molecule has 0 bridgehead atoms. The molecule has 6 nitrogen and oxygen atoms in total. The SMILES string of the molecule is CCCCCC=CC(=O)O.CCCCCC=CC(=O)O.CCCCCC=CC(=O)O.[Cr]. The zero-order chi connectivity index (χ0) is 23.5. The van der Waals surface area contributed by atoms with Gasteiger partial charge in [0.25, 0.3) is 0 Å². The third-order valence-electron chi connectivity index (χ3n) is 3.70. The predicted octanol–water partition coefficient (Wildman–Crippen LogP) is 6.62. The largest absolute Gasteiger partial charge is 0.478 e. The molecule has 0 rings (SSSR count). The topological polar surface area (TPSA) is 112 Å². The van der Waals surface area contributed by atoms with Crippen LogP contribution in [0.5, 0.6) is 0 Å². The molecule has 0 saturated carbocycles. The molecule has 3 N–H and O–H groups in total. The summed E-state index contributed by atoms with van der Waals surface area (Å²) in [4.78, 5) is 29.8. The van der Waals surface area contributed by atoms with Gasteiger partial charge in [0.05, 0.1) is 0 Å². The molecule has 0 heterocycles. The van der Waals surface area contributed by atoms with Gasteiger partial charge in [-0.05, 0) is 38.5 Å². The Bertz CT molecular complexity index is 427. The summed E-state index contributed by atoms with van der Waals surface area (Å²) in [5.41, 5.74) is 0. The fraction of sp³-hybridized carbons (Fsp3) is 0.625. The Morgan fingerprint density at radius 1 is 0.516 bits per heavy atom. The molecule has 0 atom stereocenters. The van der Waals surface area contributed by atoms with Crippen molar-refractivity contribution in [2.75, 3.05) is 0 Å². The van der Waals surface area contributed by atoms with Gasteiger partial charge in [-0.2, -0.15) is 0 Å². The van der Waals surface area contributed by atoms with Crippen molar-refractivity contribution in [1.82, 2.24) is 0 Å². The first kappa shape index (κ1) is 36.5. The van der Waals surface area contributed by atoms with Gasteiger partial charge in [0.2, 0.25) is 0 Å². The van der Waals surface area contributed by atoms with Gasteiger partial charge in [0.1, 0.15) is 0 Å². The average Bonchev–Trinajstić information content (AvgIpc) is 2.68. The van der Waals surface area contributed by atoms with Crippen LogP contribution in [0.1, 0.15) is 97.8 Å². The third kappa shape index (κ3) is 52.5. The van der Waals surface area contributed by atoms with Crippen LogP contribution in [0.4, 0.5) is 0 Å². The molecule has 0 spiro atoms. The molecular weight excluding hydrogens is 436 g/mol. The van der Waals surface area contributed by atoms with E-state index in [9.17, 15) is 14.4 Å². The molecule has 7 heteroatoms. The van der Waals surface area contributed by atoms with Crippen molar-refractivity contribution in [2.45, 2.75) is 97.8 Å². The Labute approximate surface area is 199 Å². The minimum atomic E-state index is -0.850. The van der Waals surface area contributed by atoms with Gasteiger partial charge in [-0.1, -0.05) is 77.5 Å². The standard InChI is InChI=1S/3C8H14O2.Cr/c3*1-2-3-4-5-6-7-8(9)10;/h3*6-7H,2-5H2,1H3,(H,9,10);. The average molecular weight is 479 g/mol. The maximum absolute atomic E-state index is 9.95. The van der Waals surface area contributed by atoms with Gasteiger partial charge in [0.15, 0.2) is 0 Å². The van der Waals surface area contributed by atoms with Gasteiger partial charge < -0.3 is 15.3 Å². The number of carboxylic acid groups (broad SMARTS) is 3. The maximum Gasteiger partial charge on any atom is 0.327 e. The monoisotopic (exact) mass is 478 g/mol. The van der Waals surface area contributed by atoms with E-state index in [2.05, 4.69) is 20.8 Å². The van der Waals surface area contributed by atoms with Crippen molar-refractivity contribution >= 4 is 17.9 Å². The molecular formula is C24H42CrO6. The number of unbranched alkanes of at least 4 members (excludes halogenated alkanes) is 9. The quantitative estimate of drug-likeness (QED) is 0.180. The van der Waals surface area contributed by atoms with Crippen LogP contribution in [-0.2, 0) is 31.7 Å².